The topological polar surface area (TPSA) is 38.3 Å². The molecule has 0 radical (unpaired) electrons. The fourth-order valence-corrected chi connectivity index (χ4v) is 1.14. The van der Waals surface area contributed by atoms with Crippen molar-refractivity contribution in [2.24, 2.45) is 0 Å². The first-order chi connectivity index (χ1) is 6.57. The van der Waals surface area contributed by atoms with Gasteiger partial charge in [0.1, 0.15) is 11.6 Å². The van der Waals surface area contributed by atoms with Crippen LogP contribution in [0.2, 0.25) is 0 Å². The Labute approximate surface area is 93.6 Å². The number of esters is 1. The molecule has 1 N–H and O–H groups in total. The van der Waals surface area contributed by atoms with Crippen molar-refractivity contribution in [3.63, 3.8) is 0 Å². The lowest BCUT2D eigenvalue weighted by Gasteiger charge is -2.30. The fourth-order valence-electron chi connectivity index (χ4n) is 1.14. The second kappa shape index (κ2) is 4.97. The number of nitrogens with one attached hydrogen (secondary N) is 1. The van der Waals surface area contributed by atoms with E-state index in [2.05, 4.69) is 26.1 Å². The fraction of sp³-hybridized carbons (Fsp3) is 0.917. The maximum Gasteiger partial charge on any atom is 0.323 e. The first kappa shape index (κ1) is 14.4. The third-order valence-electron chi connectivity index (χ3n) is 2.25. The van der Waals surface area contributed by atoms with Crippen LogP contribution in [0.5, 0.6) is 0 Å². The Balaban J connectivity index is 4.23. The van der Waals surface area contributed by atoms with Gasteiger partial charge in [-0.2, -0.15) is 0 Å². The molecule has 1 unspecified atom stereocenters. The second-order valence-electron chi connectivity index (χ2n) is 5.64. The predicted molar refractivity (Wildman–Crippen MR) is 62.8 cm³/mol. The maximum absolute atomic E-state index is 11.7. The van der Waals surface area contributed by atoms with Crippen LogP contribution in [0.15, 0.2) is 0 Å². The number of rotatable bonds is 4. The summed E-state index contributed by atoms with van der Waals surface area (Å²) in [7, 11) is 0. The summed E-state index contributed by atoms with van der Waals surface area (Å²) < 4.78 is 5.29. The number of hydrogen-bond acceptors (Lipinski definition) is 3. The van der Waals surface area contributed by atoms with E-state index in [1.165, 1.54) is 0 Å². The number of carbonyl (C=O) groups is 1. The molecule has 0 aromatic rings. The van der Waals surface area contributed by atoms with Gasteiger partial charge in [0.15, 0.2) is 0 Å². The summed E-state index contributed by atoms with van der Waals surface area (Å²) in [4.78, 5) is 11.7. The third kappa shape index (κ3) is 6.50. The molecular weight excluding hydrogens is 190 g/mol. The van der Waals surface area contributed by atoms with Crippen molar-refractivity contribution in [2.75, 3.05) is 0 Å². The molecule has 3 heteroatoms. The Morgan fingerprint density at radius 3 is 2.07 bits per heavy atom. The highest BCUT2D eigenvalue weighted by Gasteiger charge is 2.26. The molecule has 0 aliphatic rings. The SMILES string of the molecule is CCC(C)(C)NC(C)C(=O)OC(C)(C)C. The van der Waals surface area contributed by atoms with Gasteiger partial charge >= 0.3 is 5.97 Å². The first-order valence-corrected chi connectivity index (χ1v) is 5.58. The van der Waals surface area contributed by atoms with Crippen LogP contribution >= 0.6 is 0 Å². The normalized spacial score (nSPS) is 14.9. The average molecular weight is 215 g/mol. The van der Waals surface area contributed by atoms with E-state index in [9.17, 15) is 4.79 Å². The van der Waals surface area contributed by atoms with Gasteiger partial charge < -0.3 is 4.74 Å². The van der Waals surface area contributed by atoms with Crippen molar-refractivity contribution in [3.8, 4) is 0 Å². The molecule has 0 aliphatic heterocycles. The molecule has 0 rings (SSSR count). The van der Waals surface area contributed by atoms with Gasteiger partial charge in [-0.25, -0.2) is 0 Å². The number of hydrogen-bond donors (Lipinski definition) is 1. The highest BCUT2D eigenvalue weighted by molar-refractivity contribution is 5.75. The molecule has 0 spiro atoms. The zero-order valence-electron chi connectivity index (χ0n) is 11.1. The second-order valence-corrected chi connectivity index (χ2v) is 5.64. The minimum atomic E-state index is -0.413. The summed E-state index contributed by atoms with van der Waals surface area (Å²) in [5.41, 5.74) is -0.445. The van der Waals surface area contributed by atoms with Crippen LogP contribution in [0.3, 0.4) is 0 Å². The molecule has 0 aromatic heterocycles. The molecule has 0 amide bonds. The molecule has 1 atom stereocenters. The van der Waals surface area contributed by atoms with E-state index in [0.717, 1.165) is 6.42 Å². The van der Waals surface area contributed by atoms with Crippen LogP contribution in [0.1, 0.15) is 54.9 Å². The summed E-state index contributed by atoms with van der Waals surface area (Å²) in [6, 6.07) is -0.265. The van der Waals surface area contributed by atoms with Gasteiger partial charge in [0.25, 0.3) is 0 Å². The molecule has 3 nitrogen and oxygen atoms in total. The Morgan fingerprint density at radius 2 is 1.73 bits per heavy atom. The molecule has 15 heavy (non-hydrogen) atoms. The molecule has 0 heterocycles. The maximum atomic E-state index is 11.7. The van der Waals surface area contributed by atoms with Gasteiger partial charge in [-0.3, -0.25) is 10.1 Å². The van der Waals surface area contributed by atoms with E-state index in [1.807, 2.05) is 27.7 Å². The van der Waals surface area contributed by atoms with Gasteiger partial charge in [0.2, 0.25) is 0 Å². The van der Waals surface area contributed by atoms with E-state index >= 15 is 0 Å². The Morgan fingerprint density at radius 1 is 1.27 bits per heavy atom. The lowest BCUT2D eigenvalue weighted by molar-refractivity contribution is -0.157. The Hall–Kier alpha value is -0.570. The third-order valence-corrected chi connectivity index (χ3v) is 2.25. The molecule has 0 fully saturated rings. The van der Waals surface area contributed by atoms with E-state index < -0.39 is 5.60 Å². The monoisotopic (exact) mass is 215 g/mol. The van der Waals surface area contributed by atoms with Gasteiger partial charge in [0, 0.05) is 5.54 Å². The first-order valence-electron chi connectivity index (χ1n) is 5.58. The van der Waals surface area contributed by atoms with E-state index in [4.69, 9.17) is 4.74 Å². The standard InChI is InChI=1S/C12H25NO2/c1-8-12(6,7)13-9(2)10(14)15-11(3,4)5/h9,13H,8H2,1-7H3. The minimum absolute atomic E-state index is 0.0314. The molecule has 90 valence electrons. The zero-order valence-corrected chi connectivity index (χ0v) is 11.1. The smallest absolute Gasteiger partial charge is 0.323 e. The van der Waals surface area contributed by atoms with Crippen LogP contribution < -0.4 is 5.32 Å². The molecule has 0 aromatic carbocycles. The van der Waals surface area contributed by atoms with Gasteiger partial charge in [-0.05, 0) is 48.0 Å². The largest absolute Gasteiger partial charge is 0.459 e. The lowest BCUT2D eigenvalue weighted by Crippen LogP contribution is -2.49. The van der Waals surface area contributed by atoms with Crippen molar-refractivity contribution in [2.45, 2.75) is 72.1 Å². The number of ether oxygens (including phenoxy) is 1. The molecule has 0 saturated heterocycles. The molecular formula is C12H25NO2. The molecule has 0 aliphatic carbocycles. The Bertz CT molecular complexity index is 216. The van der Waals surface area contributed by atoms with Crippen molar-refractivity contribution in [1.29, 1.82) is 0 Å². The number of carbonyl (C=O) groups excluding carboxylic acids is 1. The van der Waals surface area contributed by atoms with Crippen LogP contribution in [0, 0.1) is 0 Å². The summed E-state index contributed by atoms with van der Waals surface area (Å²) in [6.45, 7) is 13.7. The summed E-state index contributed by atoms with van der Waals surface area (Å²) >= 11 is 0. The van der Waals surface area contributed by atoms with Crippen molar-refractivity contribution in [1.82, 2.24) is 5.32 Å². The van der Waals surface area contributed by atoms with Crippen molar-refractivity contribution >= 4 is 5.97 Å². The molecule has 0 bridgehead atoms. The zero-order chi connectivity index (χ0) is 12.3. The van der Waals surface area contributed by atoms with Crippen LogP contribution in [-0.4, -0.2) is 23.2 Å². The van der Waals surface area contributed by atoms with Crippen LogP contribution in [0.25, 0.3) is 0 Å². The van der Waals surface area contributed by atoms with Crippen molar-refractivity contribution in [3.05, 3.63) is 0 Å². The van der Waals surface area contributed by atoms with Gasteiger partial charge in [0.05, 0.1) is 0 Å². The summed E-state index contributed by atoms with van der Waals surface area (Å²) in [5.74, 6) is -0.191. The van der Waals surface area contributed by atoms with E-state index in [0.29, 0.717) is 0 Å². The molecule has 0 saturated carbocycles. The van der Waals surface area contributed by atoms with Crippen LogP contribution in [0.4, 0.5) is 0 Å². The highest BCUT2D eigenvalue weighted by Crippen LogP contribution is 2.12. The van der Waals surface area contributed by atoms with E-state index in [-0.39, 0.29) is 17.6 Å². The Kier molecular flexibility index (Phi) is 4.78. The average Bonchev–Trinajstić information content (AvgIpc) is 2.00. The van der Waals surface area contributed by atoms with Gasteiger partial charge in [-0.1, -0.05) is 6.92 Å². The van der Waals surface area contributed by atoms with Crippen LogP contribution in [-0.2, 0) is 9.53 Å². The highest BCUT2D eigenvalue weighted by atomic mass is 16.6. The predicted octanol–water partition coefficient (Wildman–Crippen LogP) is 2.49. The summed E-state index contributed by atoms with van der Waals surface area (Å²) in [6.07, 6.45) is 0.972. The van der Waals surface area contributed by atoms with E-state index in [1.54, 1.807) is 0 Å². The quantitative estimate of drug-likeness (QED) is 0.732. The van der Waals surface area contributed by atoms with Crippen molar-refractivity contribution < 1.29 is 9.53 Å². The van der Waals surface area contributed by atoms with Gasteiger partial charge in [-0.15, -0.1) is 0 Å². The lowest BCUT2D eigenvalue weighted by atomic mass is 10.0. The summed E-state index contributed by atoms with van der Waals surface area (Å²) in [5, 5.41) is 3.25. The minimum Gasteiger partial charge on any atom is -0.459 e.